The minimum atomic E-state index is -3.65. The van der Waals surface area contributed by atoms with Crippen molar-refractivity contribution in [2.75, 3.05) is 11.9 Å². The van der Waals surface area contributed by atoms with Crippen LogP contribution >= 0.6 is 0 Å². The number of alkyl halides is 2. The van der Waals surface area contributed by atoms with E-state index >= 15 is 0 Å². The molecule has 2 rings (SSSR count). The Morgan fingerprint density at radius 1 is 1.35 bits per heavy atom. The zero-order valence-corrected chi connectivity index (χ0v) is 8.70. The summed E-state index contributed by atoms with van der Waals surface area (Å²) in [4.78, 5) is 11.2. The molecule has 0 bridgehead atoms. The molecule has 0 radical (unpaired) electrons. The highest BCUT2D eigenvalue weighted by Gasteiger charge is 2.43. The normalized spacial score (nSPS) is 15.7. The monoisotopic (exact) mass is 244 g/mol. The zero-order chi connectivity index (χ0) is 12.5. The molecule has 0 fully saturated rings. The average molecular weight is 244 g/mol. The molecule has 1 heterocycles. The minimum absolute atomic E-state index is 0.0631. The molecule has 1 aliphatic rings. The second-order valence-electron chi connectivity index (χ2n) is 3.42. The quantitative estimate of drug-likeness (QED) is 0.840. The molecule has 1 aliphatic heterocycles. The van der Waals surface area contributed by atoms with E-state index in [1.165, 1.54) is 18.2 Å². The highest BCUT2D eigenvalue weighted by Crippen LogP contribution is 2.42. The summed E-state index contributed by atoms with van der Waals surface area (Å²) in [6.45, 7) is 0.217. The van der Waals surface area contributed by atoms with Crippen molar-refractivity contribution in [2.45, 2.75) is 12.7 Å². The lowest BCUT2D eigenvalue weighted by Gasteiger charge is -2.05. The van der Waals surface area contributed by atoms with Gasteiger partial charge in [-0.2, -0.15) is 0 Å². The van der Waals surface area contributed by atoms with Crippen LogP contribution in [0, 0.1) is 0 Å². The summed E-state index contributed by atoms with van der Waals surface area (Å²) >= 11 is 0. The Balaban J connectivity index is 2.11. The fraction of sp³-hybridized carbons (Fsp3) is 0.300. The molecule has 92 valence electrons. The maximum atomic E-state index is 12.7. The third-order valence-electron chi connectivity index (χ3n) is 2.06. The van der Waals surface area contributed by atoms with Gasteiger partial charge in [-0.1, -0.05) is 0 Å². The summed E-state index contributed by atoms with van der Waals surface area (Å²) in [6, 6.07) is 4.01. The average Bonchev–Trinajstić information content (AvgIpc) is 2.51. The van der Waals surface area contributed by atoms with Crippen molar-refractivity contribution < 1.29 is 23.0 Å². The van der Waals surface area contributed by atoms with Crippen LogP contribution in [0.3, 0.4) is 0 Å². The van der Waals surface area contributed by atoms with Gasteiger partial charge in [-0.3, -0.25) is 4.79 Å². The fourth-order valence-corrected chi connectivity index (χ4v) is 1.38. The van der Waals surface area contributed by atoms with E-state index in [2.05, 4.69) is 14.8 Å². The Morgan fingerprint density at radius 2 is 2.06 bits per heavy atom. The van der Waals surface area contributed by atoms with Gasteiger partial charge in [-0.05, 0) is 12.1 Å². The number of ether oxygens (including phenoxy) is 2. The molecule has 3 N–H and O–H groups in total. The first kappa shape index (κ1) is 11.6. The van der Waals surface area contributed by atoms with Crippen molar-refractivity contribution in [3.8, 4) is 11.5 Å². The third kappa shape index (κ3) is 2.62. The summed E-state index contributed by atoms with van der Waals surface area (Å²) in [6.07, 6.45) is -3.49. The predicted octanol–water partition coefficient (Wildman–Crippen LogP) is 1.30. The maximum absolute atomic E-state index is 12.7. The number of nitrogens with two attached hydrogens (primary N) is 1. The summed E-state index contributed by atoms with van der Waals surface area (Å²) in [7, 11) is 0. The number of hydrogen-bond acceptors (Lipinski definition) is 4. The van der Waals surface area contributed by atoms with Crippen molar-refractivity contribution in [3.05, 3.63) is 18.2 Å². The van der Waals surface area contributed by atoms with Gasteiger partial charge in [-0.25, -0.2) is 0 Å². The SMILES string of the molecule is NCCC(=O)Nc1ccc2c(c1)OC(F)(F)O2. The van der Waals surface area contributed by atoms with Crippen LogP contribution in [0.4, 0.5) is 14.5 Å². The van der Waals surface area contributed by atoms with E-state index in [9.17, 15) is 13.6 Å². The maximum Gasteiger partial charge on any atom is 0.586 e. The Labute approximate surface area is 95.5 Å². The first-order chi connectivity index (χ1) is 8.00. The van der Waals surface area contributed by atoms with E-state index in [-0.39, 0.29) is 30.4 Å². The number of fused-ring (bicyclic) bond motifs is 1. The van der Waals surface area contributed by atoms with Gasteiger partial charge in [0.25, 0.3) is 0 Å². The van der Waals surface area contributed by atoms with Crippen molar-refractivity contribution in [3.63, 3.8) is 0 Å². The van der Waals surface area contributed by atoms with Crippen LogP contribution in [0.1, 0.15) is 6.42 Å². The number of amides is 1. The minimum Gasteiger partial charge on any atom is -0.395 e. The number of benzene rings is 1. The summed E-state index contributed by atoms with van der Waals surface area (Å²) in [5.41, 5.74) is 5.55. The summed E-state index contributed by atoms with van der Waals surface area (Å²) in [5.74, 6) is -0.467. The van der Waals surface area contributed by atoms with Gasteiger partial charge < -0.3 is 20.5 Å². The van der Waals surface area contributed by atoms with E-state index in [0.29, 0.717) is 5.69 Å². The second kappa shape index (κ2) is 4.17. The van der Waals surface area contributed by atoms with Crippen LogP contribution < -0.4 is 20.5 Å². The van der Waals surface area contributed by atoms with Gasteiger partial charge in [0.1, 0.15) is 0 Å². The Kier molecular flexibility index (Phi) is 2.84. The molecule has 1 aromatic carbocycles. The number of halogens is 2. The molecule has 7 heteroatoms. The number of carbonyl (C=O) groups is 1. The van der Waals surface area contributed by atoms with Gasteiger partial charge >= 0.3 is 6.29 Å². The lowest BCUT2D eigenvalue weighted by molar-refractivity contribution is -0.286. The number of hydrogen-bond donors (Lipinski definition) is 2. The molecule has 5 nitrogen and oxygen atoms in total. The van der Waals surface area contributed by atoms with Crippen LogP contribution in [0.5, 0.6) is 11.5 Å². The van der Waals surface area contributed by atoms with Crippen molar-refractivity contribution in [2.24, 2.45) is 5.73 Å². The molecule has 1 aromatic rings. The summed E-state index contributed by atoms with van der Waals surface area (Å²) < 4.78 is 33.9. The largest absolute Gasteiger partial charge is 0.586 e. The standard InChI is InChI=1S/C10H10F2N2O3/c11-10(12)16-7-2-1-6(5-8(7)17-10)14-9(15)3-4-13/h1-2,5H,3-4,13H2,(H,14,15). The van der Waals surface area contributed by atoms with E-state index in [1.807, 2.05) is 0 Å². The van der Waals surface area contributed by atoms with Crippen LogP contribution in [0.15, 0.2) is 18.2 Å². The van der Waals surface area contributed by atoms with E-state index in [1.54, 1.807) is 0 Å². The fourth-order valence-electron chi connectivity index (χ4n) is 1.38. The zero-order valence-electron chi connectivity index (χ0n) is 8.70. The van der Waals surface area contributed by atoms with Gasteiger partial charge in [-0.15, -0.1) is 8.78 Å². The van der Waals surface area contributed by atoms with Gasteiger partial charge in [0.15, 0.2) is 11.5 Å². The lowest BCUT2D eigenvalue weighted by Crippen LogP contribution is -2.25. The van der Waals surface area contributed by atoms with Crippen molar-refractivity contribution >= 4 is 11.6 Å². The Bertz CT molecular complexity index is 451. The van der Waals surface area contributed by atoms with Crippen LogP contribution in [0.25, 0.3) is 0 Å². The molecular formula is C10H10F2N2O3. The molecule has 0 aromatic heterocycles. The van der Waals surface area contributed by atoms with Crippen molar-refractivity contribution in [1.29, 1.82) is 0 Å². The van der Waals surface area contributed by atoms with Gasteiger partial charge in [0.05, 0.1) is 0 Å². The first-order valence-electron chi connectivity index (χ1n) is 4.90. The molecular weight excluding hydrogens is 234 g/mol. The highest BCUT2D eigenvalue weighted by molar-refractivity contribution is 5.91. The smallest absolute Gasteiger partial charge is 0.395 e. The third-order valence-corrected chi connectivity index (χ3v) is 2.06. The molecule has 0 unspecified atom stereocenters. The molecule has 0 aliphatic carbocycles. The Hall–Kier alpha value is -1.89. The molecule has 17 heavy (non-hydrogen) atoms. The summed E-state index contributed by atoms with van der Waals surface area (Å²) in [5, 5.41) is 2.50. The highest BCUT2D eigenvalue weighted by atomic mass is 19.3. The van der Waals surface area contributed by atoms with Crippen LogP contribution in [0.2, 0.25) is 0 Å². The molecule has 1 amide bonds. The predicted molar refractivity (Wildman–Crippen MR) is 54.9 cm³/mol. The van der Waals surface area contributed by atoms with Crippen LogP contribution in [-0.4, -0.2) is 18.7 Å². The molecule has 0 saturated carbocycles. The number of rotatable bonds is 3. The molecule has 0 spiro atoms. The molecule has 0 atom stereocenters. The van der Waals surface area contributed by atoms with Gasteiger partial charge in [0, 0.05) is 24.7 Å². The number of nitrogens with one attached hydrogen (secondary N) is 1. The van der Waals surface area contributed by atoms with Crippen LogP contribution in [-0.2, 0) is 4.79 Å². The van der Waals surface area contributed by atoms with E-state index in [0.717, 1.165) is 0 Å². The van der Waals surface area contributed by atoms with Crippen molar-refractivity contribution in [1.82, 2.24) is 0 Å². The van der Waals surface area contributed by atoms with E-state index in [4.69, 9.17) is 5.73 Å². The van der Waals surface area contributed by atoms with Gasteiger partial charge in [0.2, 0.25) is 5.91 Å². The topological polar surface area (TPSA) is 73.6 Å². The number of anilines is 1. The molecule has 0 saturated heterocycles. The second-order valence-corrected chi connectivity index (χ2v) is 3.42. The number of carbonyl (C=O) groups excluding carboxylic acids is 1. The first-order valence-corrected chi connectivity index (χ1v) is 4.90. The Morgan fingerprint density at radius 3 is 2.76 bits per heavy atom. The van der Waals surface area contributed by atoms with E-state index < -0.39 is 6.29 Å². The lowest BCUT2D eigenvalue weighted by atomic mass is 10.2.